The zero-order valence-electron chi connectivity index (χ0n) is 19.4. The maximum atomic E-state index is 13.4. The SMILES string of the molecule is CN1CCN(c2nc3c(c(Oc4ccc(F)cc4)n2)CN(C(=O)Nc2cccc(Cl)c2)CC3)CC1. The number of aromatic nitrogens is 2. The van der Waals surface area contributed by atoms with Crippen molar-refractivity contribution >= 4 is 29.3 Å². The van der Waals surface area contributed by atoms with Crippen molar-refractivity contribution in [2.24, 2.45) is 0 Å². The number of carbonyl (C=O) groups is 1. The fraction of sp³-hybridized carbons (Fsp3) is 0.320. The van der Waals surface area contributed by atoms with E-state index in [0.29, 0.717) is 47.8 Å². The monoisotopic (exact) mass is 496 g/mol. The number of fused-ring (bicyclic) bond motifs is 1. The van der Waals surface area contributed by atoms with Crippen molar-refractivity contribution in [1.29, 1.82) is 0 Å². The van der Waals surface area contributed by atoms with Gasteiger partial charge in [-0.05, 0) is 49.5 Å². The third-order valence-corrected chi connectivity index (χ3v) is 6.42. The minimum atomic E-state index is -0.343. The molecule has 0 radical (unpaired) electrons. The number of carbonyl (C=O) groups excluding carboxylic acids is 1. The Morgan fingerprint density at radius 2 is 1.83 bits per heavy atom. The van der Waals surface area contributed by atoms with E-state index < -0.39 is 0 Å². The van der Waals surface area contributed by atoms with Gasteiger partial charge < -0.3 is 24.8 Å². The minimum absolute atomic E-state index is 0.242. The molecule has 3 heterocycles. The van der Waals surface area contributed by atoms with Crippen molar-refractivity contribution in [2.45, 2.75) is 13.0 Å². The van der Waals surface area contributed by atoms with Crippen LogP contribution in [0.25, 0.3) is 0 Å². The van der Waals surface area contributed by atoms with Crippen LogP contribution in [0.4, 0.5) is 20.8 Å². The van der Waals surface area contributed by atoms with E-state index in [1.807, 2.05) is 0 Å². The number of rotatable bonds is 4. The second kappa shape index (κ2) is 10.1. The third-order valence-electron chi connectivity index (χ3n) is 6.19. The van der Waals surface area contributed by atoms with Gasteiger partial charge in [0, 0.05) is 49.9 Å². The van der Waals surface area contributed by atoms with E-state index in [9.17, 15) is 9.18 Å². The first-order valence-electron chi connectivity index (χ1n) is 11.5. The highest BCUT2D eigenvalue weighted by atomic mass is 35.5. The number of likely N-dealkylation sites (N-methyl/N-ethyl adjacent to an activating group) is 1. The standard InChI is InChI=1S/C25H26ClFN6O2/c1-31-11-13-32(14-12-31)24-29-22-9-10-33(25(34)28-19-4-2-3-17(26)15-19)16-21(22)23(30-24)35-20-7-5-18(27)6-8-20/h2-8,15H,9-14,16H2,1H3,(H,28,34). The lowest BCUT2D eigenvalue weighted by Crippen LogP contribution is -2.45. The van der Waals surface area contributed by atoms with E-state index in [1.165, 1.54) is 12.1 Å². The lowest BCUT2D eigenvalue weighted by Gasteiger charge is -2.34. The summed E-state index contributed by atoms with van der Waals surface area (Å²) >= 11 is 6.05. The quantitative estimate of drug-likeness (QED) is 0.577. The number of ether oxygens (including phenoxy) is 1. The van der Waals surface area contributed by atoms with Crippen molar-refractivity contribution in [2.75, 3.05) is 50.0 Å². The first kappa shape index (κ1) is 23.3. The molecule has 1 saturated heterocycles. The fourth-order valence-corrected chi connectivity index (χ4v) is 4.35. The van der Waals surface area contributed by atoms with Gasteiger partial charge in [-0.15, -0.1) is 0 Å². The molecule has 182 valence electrons. The highest BCUT2D eigenvalue weighted by Gasteiger charge is 2.28. The predicted octanol–water partition coefficient (Wildman–Crippen LogP) is 4.40. The van der Waals surface area contributed by atoms with E-state index >= 15 is 0 Å². The number of piperazine rings is 1. The molecule has 10 heteroatoms. The second-order valence-corrected chi connectivity index (χ2v) is 9.15. The molecule has 0 aliphatic carbocycles. The maximum Gasteiger partial charge on any atom is 0.322 e. The highest BCUT2D eigenvalue weighted by molar-refractivity contribution is 6.30. The zero-order chi connectivity index (χ0) is 24.4. The number of nitrogens with zero attached hydrogens (tertiary/aromatic N) is 5. The normalized spacial score (nSPS) is 16.1. The zero-order valence-corrected chi connectivity index (χ0v) is 20.1. The van der Waals surface area contributed by atoms with Gasteiger partial charge in [-0.2, -0.15) is 4.98 Å². The van der Waals surface area contributed by atoms with Crippen LogP contribution >= 0.6 is 11.6 Å². The first-order valence-corrected chi connectivity index (χ1v) is 11.9. The van der Waals surface area contributed by atoms with Crippen molar-refractivity contribution in [3.63, 3.8) is 0 Å². The molecule has 0 saturated carbocycles. The molecule has 1 N–H and O–H groups in total. The molecular formula is C25H26ClFN6O2. The van der Waals surface area contributed by atoms with Gasteiger partial charge in [-0.25, -0.2) is 14.2 Å². The van der Waals surface area contributed by atoms with E-state index in [-0.39, 0.29) is 11.8 Å². The average Bonchev–Trinajstić information content (AvgIpc) is 2.85. The molecule has 2 aliphatic rings. The summed E-state index contributed by atoms with van der Waals surface area (Å²) in [7, 11) is 2.09. The number of amides is 2. The predicted molar refractivity (Wildman–Crippen MR) is 133 cm³/mol. The van der Waals surface area contributed by atoms with Crippen LogP contribution in [0.15, 0.2) is 48.5 Å². The van der Waals surface area contributed by atoms with E-state index in [1.54, 1.807) is 41.3 Å². The van der Waals surface area contributed by atoms with Crippen LogP contribution in [0, 0.1) is 5.82 Å². The number of urea groups is 1. The second-order valence-electron chi connectivity index (χ2n) is 8.71. The Kier molecular flexibility index (Phi) is 6.70. The summed E-state index contributed by atoms with van der Waals surface area (Å²) in [4.78, 5) is 28.7. The number of hydrogen-bond acceptors (Lipinski definition) is 6. The Bertz CT molecular complexity index is 1220. The summed E-state index contributed by atoms with van der Waals surface area (Å²) in [5.74, 6) is 1.13. The van der Waals surface area contributed by atoms with Gasteiger partial charge in [0.15, 0.2) is 0 Å². The van der Waals surface area contributed by atoms with Gasteiger partial charge in [0.2, 0.25) is 11.8 Å². The van der Waals surface area contributed by atoms with Gasteiger partial charge in [-0.3, -0.25) is 0 Å². The van der Waals surface area contributed by atoms with Crippen molar-refractivity contribution in [3.8, 4) is 11.6 Å². The Balaban J connectivity index is 1.42. The van der Waals surface area contributed by atoms with Gasteiger partial charge in [-0.1, -0.05) is 17.7 Å². The molecular weight excluding hydrogens is 471 g/mol. The van der Waals surface area contributed by atoms with Crippen LogP contribution in [0.5, 0.6) is 11.6 Å². The van der Waals surface area contributed by atoms with Crippen molar-refractivity contribution in [1.82, 2.24) is 19.8 Å². The van der Waals surface area contributed by atoms with Crippen LogP contribution in [-0.2, 0) is 13.0 Å². The van der Waals surface area contributed by atoms with Gasteiger partial charge >= 0.3 is 6.03 Å². The molecule has 0 unspecified atom stereocenters. The summed E-state index contributed by atoms with van der Waals surface area (Å²) < 4.78 is 19.5. The fourth-order valence-electron chi connectivity index (χ4n) is 4.16. The molecule has 0 atom stereocenters. The number of nitrogens with one attached hydrogen (secondary N) is 1. The number of anilines is 2. The van der Waals surface area contributed by atoms with Gasteiger partial charge in [0.05, 0.1) is 17.8 Å². The van der Waals surface area contributed by atoms with Gasteiger partial charge in [0.1, 0.15) is 11.6 Å². The molecule has 35 heavy (non-hydrogen) atoms. The average molecular weight is 497 g/mol. The maximum absolute atomic E-state index is 13.4. The summed E-state index contributed by atoms with van der Waals surface area (Å²) in [5, 5.41) is 3.44. The summed E-state index contributed by atoms with van der Waals surface area (Å²) in [6.07, 6.45) is 0.571. The Morgan fingerprint density at radius 1 is 1.06 bits per heavy atom. The van der Waals surface area contributed by atoms with Crippen LogP contribution in [0.2, 0.25) is 5.02 Å². The summed E-state index contributed by atoms with van der Waals surface area (Å²) in [5.41, 5.74) is 2.23. The molecule has 0 bridgehead atoms. The minimum Gasteiger partial charge on any atom is -0.438 e. The summed E-state index contributed by atoms with van der Waals surface area (Å²) in [6.45, 7) is 4.28. The molecule has 5 rings (SSSR count). The van der Waals surface area contributed by atoms with Gasteiger partial charge in [0.25, 0.3) is 0 Å². The number of benzene rings is 2. The molecule has 8 nitrogen and oxygen atoms in total. The van der Waals surface area contributed by atoms with Crippen LogP contribution in [-0.4, -0.2) is 65.6 Å². The van der Waals surface area contributed by atoms with Crippen LogP contribution < -0.4 is 15.0 Å². The van der Waals surface area contributed by atoms with Crippen molar-refractivity contribution in [3.05, 3.63) is 70.6 Å². The van der Waals surface area contributed by atoms with Crippen molar-refractivity contribution < 1.29 is 13.9 Å². The lowest BCUT2D eigenvalue weighted by atomic mass is 10.1. The first-order chi connectivity index (χ1) is 16.9. The molecule has 0 spiro atoms. The van der Waals surface area contributed by atoms with E-state index in [4.69, 9.17) is 26.3 Å². The summed E-state index contributed by atoms with van der Waals surface area (Å²) in [6, 6.07) is 12.6. The Labute approximate surface area is 208 Å². The highest BCUT2D eigenvalue weighted by Crippen LogP contribution is 2.32. The molecule has 2 aromatic carbocycles. The molecule has 2 amide bonds. The molecule has 2 aliphatic heterocycles. The number of halogens is 2. The van der Waals surface area contributed by atoms with Crippen LogP contribution in [0.1, 0.15) is 11.3 Å². The Hall–Kier alpha value is -3.43. The lowest BCUT2D eigenvalue weighted by molar-refractivity contribution is 0.205. The third kappa shape index (κ3) is 5.47. The smallest absolute Gasteiger partial charge is 0.322 e. The molecule has 1 fully saturated rings. The number of hydrogen-bond donors (Lipinski definition) is 1. The molecule has 3 aromatic rings. The van der Waals surface area contributed by atoms with E-state index in [2.05, 4.69) is 22.2 Å². The van der Waals surface area contributed by atoms with Crippen LogP contribution in [0.3, 0.4) is 0 Å². The topological polar surface area (TPSA) is 73.8 Å². The van der Waals surface area contributed by atoms with E-state index in [0.717, 1.165) is 37.4 Å². The Morgan fingerprint density at radius 3 is 2.57 bits per heavy atom. The molecule has 1 aromatic heterocycles. The largest absolute Gasteiger partial charge is 0.438 e.